The quantitative estimate of drug-likeness (QED) is 0.726. The molecule has 0 unspecified atom stereocenters. The van der Waals surface area contributed by atoms with E-state index in [9.17, 15) is 4.79 Å². The molecule has 8 nitrogen and oxygen atoms in total. The summed E-state index contributed by atoms with van der Waals surface area (Å²) in [7, 11) is 3.51. The molecule has 1 N–H and O–H groups in total. The highest BCUT2D eigenvalue weighted by Crippen LogP contribution is 2.17. The molecule has 8 heteroatoms. The number of nitrogens with one attached hydrogen (secondary N) is 1. The molecule has 3 rings (SSSR count). The topological polar surface area (TPSA) is 86.9 Å². The van der Waals surface area contributed by atoms with E-state index in [-0.39, 0.29) is 5.91 Å². The van der Waals surface area contributed by atoms with E-state index in [0.717, 1.165) is 33.7 Å². The lowest BCUT2D eigenvalue weighted by atomic mass is 10.1. The number of carbonyl (C=O) groups is 1. The van der Waals surface area contributed by atoms with Crippen LogP contribution in [0, 0.1) is 20.8 Å². The number of amides is 1. The summed E-state index contributed by atoms with van der Waals surface area (Å²) in [6, 6.07) is 1.84. The smallest absolute Gasteiger partial charge is 0.253 e. The SMILES string of the molecule is COCCn1nc(C)c(CNC(=O)c2cnc3c(c2)c(C)nn3C)c1C. The van der Waals surface area contributed by atoms with Gasteiger partial charge in [-0.2, -0.15) is 10.2 Å². The third-order valence-corrected chi connectivity index (χ3v) is 4.59. The molecule has 3 aromatic heterocycles. The number of ether oxygens (including phenoxy) is 1. The first-order valence-electron chi connectivity index (χ1n) is 8.51. The van der Waals surface area contributed by atoms with Crippen molar-refractivity contribution < 1.29 is 9.53 Å². The van der Waals surface area contributed by atoms with Gasteiger partial charge in [0, 0.05) is 43.5 Å². The van der Waals surface area contributed by atoms with Gasteiger partial charge in [0.25, 0.3) is 5.91 Å². The largest absolute Gasteiger partial charge is 0.383 e. The molecule has 0 aliphatic rings. The van der Waals surface area contributed by atoms with Crippen LogP contribution in [0.15, 0.2) is 12.3 Å². The highest BCUT2D eigenvalue weighted by atomic mass is 16.5. The van der Waals surface area contributed by atoms with Crippen molar-refractivity contribution in [2.45, 2.75) is 33.9 Å². The lowest BCUT2D eigenvalue weighted by Crippen LogP contribution is -2.23. The molecule has 0 bridgehead atoms. The molecule has 0 aliphatic carbocycles. The van der Waals surface area contributed by atoms with Gasteiger partial charge in [-0.05, 0) is 26.8 Å². The third-order valence-electron chi connectivity index (χ3n) is 4.59. The summed E-state index contributed by atoms with van der Waals surface area (Å²) in [5.41, 5.74) is 5.13. The molecule has 1 amide bonds. The number of nitrogens with zero attached hydrogens (tertiary/aromatic N) is 5. The number of aromatic nitrogens is 5. The van der Waals surface area contributed by atoms with Gasteiger partial charge in [0.1, 0.15) is 0 Å². The zero-order valence-corrected chi connectivity index (χ0v) is 15.8. The van der Waals surface area contributed by atoms with Crippen LogP contribution in [0.1, 0.15) is 33.0 Å². The molecule has 0 atom stereocenters. The Kier molecular flexibility index (Phi) is 5.03. The maximum Gasteiger partial charge on any atom is 0.253 e. The predicted molar refractivity (Wildman–Crippen MR) is 98.0 cm³/mol. The summed E-state index contributed by atoms with van der Waals surface area (Å²) in [5.74, 6) is -0.161. The molecule has 0 aromatic carbocycles. The second-order valence-corrected chi connectivity index (χ2v) is 6.35. The minimum Gasteiger partial charge on any atom is -0.383 e. The first-order chi connectivity index (χ1) is 12.4. The van der Waals surface area contributed by atoms with Gasteiger partial charge in [0.05, 0.1) is 30.1 Å². The Hall–Kier alpha value is -2.74. The molecule has 0 saturated carbocycles. The van der Waals surface area contributed by atoms with Crippen molar-refractivity contribution in [3.63, 3.8) is 0 Å². The minimum atomic E-state index is -0.161. The normalized spacial score (nSPS) is 11.3. The molecule has 3 aromatic rings. The Morgan fingerprint density at radius 3 is 2.73 bits per heavy atom. The van der Waals surface area contributed by atoms with Gasteiger partial charge in [-0.3, -0.25) is 14.2 Å². The molecule has 138 valence electrons. The molecule has 0 fully saturated rings. The van der Waals surface area contributed by atoms with E-state index in [1.54, 1.807) is 18.0 Å². The van der Waals surface area contributed by atoms with Crippen LogP contribution in [0.4, 0.5) is 0 Å². The van der Waals surface area contributed by atoms with Crippen LogP contribution in [0.3, 0.4) is 0 Å². The molecular formula is C18H24N6O2. The van der Waals surface area contributed by atoms with Gasteiger partial charge in [-0.15, -0.1) is 0 Å². The van der Waals surface area contributed by atoms with Crippen molar-refractivity contribution in [3.05, 3.63) is 40.5 Å². The summed E-state index contributed by atoms with van der Waals surface area (Å²) in [6.07, 6.45) is 1.58. The van der Waals surface area contributed by atoms with Crippen LogP contribution >= 0.6 is 0 Å². The Labute approximate surface area is 152 Å². The Morgan fingerprint density at radius 2 is 2.00 bits per heavy atom. The number of pyridine rings is 1. The number of hydrogen-bond acceptors (Lipinski definition) is 5. The Balaban J connectivity index is 1.75. The Bertz CT molecular complexity index is 956. The van der Waals surface area contributed by atoms with Gasteiger partial charge in [0.2, 0.25) is 0 Å². The summed E-state index contributed by atoms with van der Waals surface area (Å²) in [4.78, 5) is 16.9. The van der Waals surface area contributed by atoms with E-state index in [4.69, 9.17) is 4.74 Å². The first kappa shape index (κ1) is 18.1. The van der Waals surface area contributed by atoms with E-state index in [0.29, 0.717) is 25.3 Å². The molecule has 0 spiro atoms. The lowest BCUT2D eigenvalue weighted by Gasteiger charge is -2.07. The van der Waals surface area contributed by atoms with Crippen LogP contribution in [-0.2, 0) is 24.9 Å². The van der Waals surface area contributed by atoms with Crippen LogP contribution in [0.2, 0.25) is 0 Å². The zero-order valence-electron chi connectivity index (χ0n) is 15.8. The molecular weight excluding hydrogens is 332 g/mol. The Morgan fingerprint density at radius 1 is 1.23 bits per heavy atom. The number of carbonyl (C=O) groups excluding carboxylic acids is 1. The van der Waals surface area contributed by atoms with Crippen molar-refractivity contribution in [1.82, 2.24) is 29.9 Å². The highest BCUT2D eigenvalue weighted by molar-refractivity contribution is 5.97. The average Bonchev–Trinajstić information content (AvgIpc) is 3.06. The zero-order chi connectivity index (χ0) is 18.8. The van der Waals surface area contributed by atoms with Gasteiger partial charge in [-0.1, -0.05) is 0 Å². The maximum atomic E-state index is 12.6. The van der Waals surface area contributed by atoms with Gasteiger partial charge >= 0.3 is 0 Å². The van der Waals surface area contributed by atoms with Crippen LogP contribution in [0.5, 0.6) is 0 Å². The summed E-state index contributed by atoms with van der Waals surface area (Å²) >= 11 is 0. The van der Waals surface area contributed by atoms with Crippen molar-refractivity contribution in [1.29, 1.82) is 0 Å². The molecule has 0 radical (unpaired) electrons. The predicted octanol–water partition coefficient (Wildman–Crippen LogP) is 1.67. The number of rotatable bonds is 6. The van der Waals surface area contributed by atoms with Crippen molar-refractivity contribution >= 4 is 16.9 Å². The first-order valence-corrected chi connectivity index (χ1v) is 8.51. The minimum absolute atomic E-state index is 0.161. The van der Waals surface area contributed by atoms with E-state index in [2.05, 4.69) is 20.5 Å². The molecule has 26 heavy (non-hydrogen) atoms. The van der Waals surface area contributed by atoms with Crippen LogP contribution in [0.25, 0.3) is 11.0 Å². The number of hydrogen-bond donors (Lipinski definition) is 1. The summed E-state index contributed by atoms with van der Waals surface area (Å²) in [6.45, 7) is 7.58. The fourth-order valence-electron chi connectivity index (χ4n) is 3.09. The third kappa shape index (κ3) is 3.32. The van der Waals surface area contributed by atoms with Gasteiger partial charge in [-0.25, -0.2) is 4.98 Å². The van der Waals surface area contributed by atoms with Crippen molar-refractivity contribution in [3.8, 4) is 0 Å². The van der Waals surface area contributed by atoms with Crippen molar-refractivity contribution in [2.24, 2.45) is 7.05 Å². The number of methoxy groups -OCH3 is 1. The molecule has 3 heterocycles. The lowest BCUT2D eigenvalue weighted by molar-refractivity contribution is 0.0950. The van der Waals surface area contributed by atoms with E-state index >= 15 is 0 Å². The van der Waals surface area contributed by atoms with E-state index in [1.165, 1.54) is 0 Å². The van der Waals surface area contributed by atoms with E-state index in [1.807, 2.05) is 38.6 Å². The monoisotopic (exact) mass is 356 g/mol. The number of aryl methyl sites for hydroxylation is 3. The van der Waals surface area contributed by atoms with E-state index < -0.39 is 0 Å². The standard InChI is InChI=1S/C18H24N6O2/c1-11-15-8-14(9-19-17(15)23(4)21-11)18(25)20-10-16-12(2)22-24(13(16)3)6-7-26-5/h8-9H,6-7,10H2,1-5H3,(H,20,25). The second kappa shape index (κ2) is 7.25. The molecule has 0 aliphatic heterocycles. The maximum absolute atomic E-state index is 12.6. The second-order valence-electron chi connectivity index (χ2n) is 6.35. The van der Waals surface area contributed by atoms with Crippen LogP contribution in [-0.4, -0.2) is 44.2 Å². The fourth-order valence-corrected chi connectivity index (χ4v) is 3.09. The van der Waals surface area contributed by atoms with Crippen LogP contribution < -0.4 is 5.32 Å². The summed E-state index contributed by atoms with van der Waals surface area (Å²) in [5, 5.41) is 12.7. The molecule has 0 saturated heterocycles. The van der Waals surface area contributed by atoms with Crippen molar-refractivity contribution in [2.75, 3.05) is 13.7 Å². The number of fused-ring (bicyclic) bond motifs is 1. The van der Waals surface area contributed by atoms with Gasteiger partial charge < -0.3 is 10.1 Å². The highest BCUT2D eigenvalue weighted by Gasteiger charge is 2.15. The average molecular weight is 356 g/mol. The van der Waals surface area contributed by atoms with Gasteiger partial charge in [0.15, 0.2) is 5.65 Å². The fraction of sp³-hybridized carbons (Fsp3) is 0.444. The summed E-state index contributed by atoms with van der Waals surface area (Å²) < 4.78 is 8.73.